The Labute approximate surface area is 123 Å². The normalized spacial score (nSPS) is 11.6. The fourth-order valence-electron chi connectivity index (χ4n) is 2.20. The summed E-state index contributed by atoms with van der Waals surface area (Å²) >= 11 is 0. The largest absolute Gasteiger partial charge is 0.369 e. The molecule has 0 saturated heterocycles. The van der Waals surface area contributed by atoms with Crippen LogP contribution in [0.1, 0.15) is 27.2 Å². The first kappa shape index (κ1) is 17.0. The van der Waals surface area contributed by atoms with Gasteiger partial charge in [-0.1, -0.05) is 26.0 Å². The van der Waals surface area contributed by atoms with E-state index in [9.17, 15) is 8.42 Å². The number of hydrogen-bond acceptors (Lipinski definition) is 4. The first-order valence-corrected chi connectivity index (χ1v) is 8.99. The third-order valence-electron chi connectivity index (χ3n) is 3.20. The highest BCUT2D eigenvalue weighted by Crippen LogP contribution is 2.26. The molecule has 0 radical (unpaired) electrons. The van der Waals surface area contributed by atoms with Crippen LogP contribution in [0.5, 0.6) is 0 Å². The predicted octanol–water partition coefficient (Wildman–Crippen LogP) is 2.31. The highest BCUT2D eigenvalue weighted by Gasteiger charge is 2.20. The lowest BCUT2D eigenvalue weighted by Gasteiger charge is -2.25. The molecule has 0 amide bonds. The monoisotopic (exact) mass is 298 g/mol. The third kappa shape index (κ3) is 4.49. The summed E-state index contributed by atoms with van der Waals surface area (Å²) in [6.45, 7) is 9.39. The maximum atomic E-state index is 12.4. The number of nitrogens with zero attached hydrogens (tertiary/aromatic N) is 1. The minimum atomic E-state index is -3.19. The van der Waals surface area contributed by atoms with Gasteiger partial charge in [0.15, 0.2) is 9.84 Å². The van der Waals surface area contributed by atoms with Gasteiger partial charge in [-0.25, -0.2) is 8.42 Å². The van der Waals surface area contributed by atoms with Crippen molar-refractivity contribution < 1.29 is 8.42 Å². The molecular weight excluding hydrogens is 272 g/mol. The molecule has 1 rings (SSSR count). The van der Waals surface area contributed by atoms with Gasteiger partial charge < -0.3 is 10.2 Å². The molecule has 0 aromatic heterocycles. The molecule has 4 nitrogen and oxygen atoms in total. The summed E-state index contributed by atoms with van der Waals surface area (Å²) in [7, 11) is -3.19. The van der Waals surface area contributed by atoms with Gasteiger partial charge in [0, 0.05) is 19.6 Å². The molecule has 1 N–H and O–H groups in total. The number of benzene rings is 1. The van der Waals surface area contributed by atoms with Gasteiger partial charge in [-0.15, -0.1) is 0 Å². The Kier molecular flexibility index (Phi) is 7.02. The summed E-state index contributed by atoms with van der Waals surface area (Å²) in [5.74, 6) is 0.203. The molecule has 1 aromatic carbocycles. The van der Waals surface area contributed by atoms with Crippen molar-refractivity contribution in [2.24, 2.45) is 0 Å². The molecule has 0 heterocycles. The summed E-state index contributed by atoms with van der Waals surface area (Å²) in [4.78, 5) is 2.57. The Morgan fingerprint density at radius 3 is 2.45 bits per heavy atom. The molecule has 20 heavy (non-hydrogen) atoms. The third-order valence-corrected chi connectivity index (χ3v) is 5.17. The second-order valence-corrected chi connectivity index (χ2v) is 6.80. The van der Waals surface area contributed by atoms with E-state index in [-0.39, 0.29) is 5.75 Å². The molecule has 0 spiro atoms. The molecule has 5 heteroatoms. The predicted molar refractivity (Wildman–Crippen MR) is 85.2 cm³/mol. The van der Waals surface area contributed by atoms with E-state index in [2.05, 4.69) is 24.1 Å². The van der Waals surface area contributed by atoms with Gasteiger partial charge >= 0.3 is 0 Å². The molecular formula is C15H26N2O2S. The number of likely N-dealkylation sites (N-methyl/N-ethyl adjacent to an activating group) is 2. The highest BCUT2D eigenvalue weighted by molar-refractivity contribution is 7.91. The maximum Gasteiger partial charge on any atom is 0.180 e. The lowest BCUT2D eigenvalue weighted by Crippen LogP contribution is -2.33. The zero-order valence-electron chi connectivity index (χ0n) is 12.7. The summed E-state index contributed by atoms with van der Waals surface area (Å²) in [5, 5.41) is 3.28. The number of anilines is 1. The standard InChI is InChI=1S/C15H26N2O2S/c1-4-13-20(18,19)15-10-8-7-9-14(15)17(6-3)12-11-16-5-2/h7-10,16H,4-6,11-13H2,1-3H3. The fraction of sp³-hybridized carbons (Fsp3) is 0.600. The number of para-hydroxylation sites is 1. The van der Waals surface area contributed by atoms with Gasteiger partial charge in [-0.05, 0) is 32.0 Å². The van der Waals surface area contributed by atoms with Crippen molar-refractivity contribution in [2.75, 3.05) is 36.8 Å². The van der Waals surface area contributed by atoms with E-state index in [1.807, 2.05) is 19.1 Å². The Morgan fingerprint density at radius 2 is 1.85 bits per heavy atom. The zero-order valence-corrected chi connectivity index (χ0v) is 13.5. The van der Waals surface area contributed by atoms with Crippen molar-refractivity contribution in [1.82, 2.24) is 5.32 Å². The van der Waals surface area contributed by atoms with Crippen LogP contribution in [0.25, 0.3) is 0 Å². The van der Waals surface area contributed by atoms with Crippen molar-refractivity contribution in [1.29, 1.82) is 0 Å². The van der Waals surface area contributed by atoms with E-state index in [1.165, 1.54) is 0 Å². The maximum absolute atomic E-state index is 12.4. The molecule has 0 aliphatic rings. The van der Waals surface area contributed by atoms with Crippen molar-refractivity contribution in [3.63, 3.8) is 0 Å². The second-order valence-electron chi connectivity index (χ2n) is 4.72. The van der Waals surface area contributed by atoms with Crippen LogP contribution in [0, 0.1) is 0 Å². The fourth-order valence-corrected chi connectivity index (χ4v) is 3.76. The number of rotatable bonds is 9. The van der Waals surface area contributed by atoms with E-state index >= 15 is 0 Å². The van der Waals surface area contributed by atoms with Crippen molar-refractivity contribution in [3.05, 3.63) is 24.3 Å². The number of hydrogen-bond donors (Lipinski definition) is 1. The molecule has 1 aromatic rings. The molecule has 0 fully saturated rings. The molecule has 0 unspecified atom stereocenters. The first-order chi connectivity index (χ1) is 9.56. The van der Waals surface area contributed by atoms with E-state index in [4.69, 9.17) is 0 Å². The van der Waals surface area contributed by atoms with Crippen LogP contribution in [0.3, 0.4) is 0 Å². The quantitative estimate of drug-likeness (QED) is 0.711. The van der Waals surface area contributed by atoms with Crippen molar-refractivity contribution in [2.45, 2.75) is 32.1 Å². The average Bonchev–Trinajstić information content (AvgIpc) is 2.44. The van der Waals surface area contributed by atoms with Crippen LogP contribution < -0.4 is 10.2 Å². The Hall–Kier alpha value is -1.07. The van der Waals surface area contributed by atoms with Gasteiger partial charge in [0.2, 0.25) is 0 Å². The number of nitrogens with one attached hydrogen (secondary N) is 1. The van der Waals surface area contributed by atoms with Crippen LogP contribution in [-0.2, 0) is 9.84 Å². The van der Waals surface area contributed by atoms with E-state index in [1.54, 1.807) is 12.1 Å². The van der Waals surface area contributed by atoms with Crippen LogP contribution in [0.15, 0.2) is 29.2 Å². The van der Waals surface area contributed by atoms with Crippen LogP contribution in [-0.4, -0.2) is 40.3 Å². The van der Waals surface area contributed by atoms with E-state index in [0.717, 1.165) is 31.9 Å². The summed E-state index contributed by atoms with van der Waals surface area (Å²) < 4.78 is 24.7. The minimum Gasteiger partial charge on any atom is -0.369 e. The Balaban J connectivity index is 3.04. The van der Waals surface area contributed by atoms with Crippen LogP contribution in [0.2, 0.25) is 0 Å². The summed E-state index contributed by atoms with van der Waals surface area (Å²) in [6, 6.07) is 7.31. The smallest absolute Gasteiger partial charge is 0.180 e. The van der Waals surface area contributed by atoms with Gasteiger partial charge in [-0.3, -0.25) is 0 Å². The van der Waals surface area contributed by atoms with Crippen LogP contribution >= 0.6 is 0 Å². The van der Waals surface area contributed by atoms with Gasteiger partial charge in [0.1, 0.15) is 0 Å². The first-order valence-electron chi connectivity index (χ1n) is 7.34. The minimum absolute atomic E-state index is 0.203. The van der Waals surface area contributed by atoms with Gasteiger partial charge in [-0.2, -0.15) is 0 Å². The second kappa shape index (κ2) is 8.27. The van der Waals surface area contributed by atoms with Gasteiger partial charge in [0.05, 0.1) is 16.3 Å². The Morgan fingerprint density at radius 1 is 1.15 bits per heavy atom. The molecule has 0 aliphatic carbocycles. The molecule has 0 aliphatic heterocycles. The lowest BCUT2D eigenvalue weighted by atomic mass is 10.3. The zero-order chi connectivity index (χ0) is 15.0. The Bertz CT molecular complexity index is 500. The topological polar surface area (TPSA) is 49.4 Å². The molecule has 0 saturated carbocycles. The molecule has 114 valence electrons. The van der Waals surface area contributed by atoms with Crippen molar-refractivity contribution in [3.8, 4) is 0 Å². The summed E-state index contributed by atoms with van der Waals surface area (Å²) in [5.41, 5.74) is 0.821. The van der Waals surface area contributed by atoms with E-state index in [0.29, 0.717) is 11.3 Å². The average molecular weight is 298 g/mol. The van der Waals surface area contributed by atoms with E-state index < -0.39 is 9.84 Å². The highest BCUT2D eigenvalue weighted by atomic mass is 32.2. The SMILES string of the molecule is CCCS(=O)(=O)c1ccccc1N(CC)CCNCC. The van der Waals surface area contributed by atoms with Crippen molar-refractivity contribution >= 4 is 15.5 Å². The van der Waals surface area contributed by atoms with Gasteiger partial charge in [0.25, 0.3) is 0 Å². The lowest BCUT2D eigenvalue weighted by molar-refractivity contribution is 0.594. The summed E-state index contributed by atoms with van der Waals surface area (Å²) in [6.07, 6.45) is 0.639. The molecule has 0 atom stereocenters. The number of sulfone groups is 1. The molecule has 0 bridgehead atoms. The van der Waals surface area contributed by atoms with Crippen LogP contribution in [0.4, 0.5) is 5.69 Å².